The molecule has 0 saturated carbocycles. The molecule has 0 spiro atoms. The van der Waals surface area contributed by atoms with Crippen molar-refractivity contribution in [1.29, 1.82) is 0 Å². The van der Waals surface area contributed by atoms with Gasteiger partial charge in [0.15, 0.2) is 0 Å². The average molecular weight is 388 g/mol. The van der Waals surface area contributed by atoms with Gasteiger partial charge in [0.1, 0.15) is 5.82 Å². The average Bonchev–Trinajstić information content (AvgIpc) is 3.04. The zero-order chi connectivity index (χ0) is 19.7. The van der Waals surface area contributed by atoms with Gasteiger partial charge in [0, 0.05) is 31.5 Å². The lowest BCUT2D eigenvalue weighted by atomic mass is 9.99. The maximum Gasteiger partial charge on any atom is 0.416 e. The molecule has 146 valence electrons. The first-order chi connectivity index (χ1) is 13.4. The first-order valence-corrected chi connectivity index (χ1v) is 9.23. The molecule has 1 aliphatic heterocycles. The summed E-state index contributed by atoms with van der Waals surface area (Å²) in [6.45, 7) is 1.62. The smallest absolute Gasteiger partial charge is 0.350 e. The number of nitrogens with zero attached hydrogens (tertiary/aromatic N) is 2. The number of hydrogen-bond donors (Lipinski definition) is 0. The molecule has 0 bridgehead atoms. The highest BCUT2D eigenvalue weighted by Crippen LogP contribution is 2.36. The van der Waals surface area contributed by atoms with E-state index in [1.807, 2.05) is 18.3 Å². The minimum atomic E-state index is -4.39. The normalized spacial score (nSPS) is 17.9. The SMILES string of the molecule is Fc1ccc([C@@H]2c3cccn3CCCN2Cc2ccccc2C(F)(F)F)cc1. The van der Waals surface area contributed by atoms with Gasteiger partial charge in [0.05, 0.1) is 11.6 Å². The molecule has 1 aromatic heterocycles. The molecule has 1 aliphatic rings. The third kappa shape index (κ3) is 3.69. The molecule has 0 radical (unpaired) electrons. The summed E-state index contributed by atoms with van der Waals surface area (Å²) in [5.41, 5.74) is 1.52. The van der Waals surface area contributed by atoms with Gasteiger partial charge in [0.25, 0.3) is 0 Å². The Morgan fingerprint density at radius 2 is 1.64 bits per heavy atom. The molecule has 0 amide bonds. The third-order valence-electron chi connectivity index (χ3n) is 5.24. The van der Waals surface area contributed by atoms with Crippen molar-refractivity contribution in [2.24, 2.45) is 0 Å². The van der Waals surface area contributed by atoms with Crippen molar-refractivity contribution in [1.82, 2.24) is 9.47 Å². The Kier molecular flexibility index (Phi) is 4.98. The van der Waals surface area contributed by atoms with Crippen LogP contribution in [0, 0.1) is 5.82 Å². The van der Waals surface area contributed by atoms with Gasteiger partial charge in [0.2, 0.25) is 0 Å². The van der Waals surface area contributed by atoms with E-state index in [0.29, 0.717) is 6.54 Å². The molecule has 0 saturated heterocycles. The summed E-state index contributed by atoms with van der Waals surface area (Å²) in [6.07, 6.45) is -1.58. The van der Waals surface area contributed by atoms with E-state index < -0.39 is 11.7 Å². The minimum absolute atomic E-state index is 0.170. The number of hydrogen-bond acceptors (Lipinski definition) is 1. The number of rotatable bonds is 3. The van der Waals surface area contributed by atoms with Crippen LogP contribution in [0.25, 0.3) is 0 Å². The van der Waals surface area contributed by atoms with Crippen molar-refractivity contribution in [3.8, 4) is 0 Å². The van der Waals surface area contributed by atoms with Crippen LogP contribution in [0.4, 0.5) is 17.6 Å². The molecular weight excluding hydrogens is 368 g/mol. The van der Waals surface area contributed by atoms with Crippen molar-refractivity contribution >= 4 is 0 Å². The van der Waals surface area contributed by atoms with Crippen LogP contribution in [0.2, 0.25) is 0 Å². The van der Waals surface area contributed by atoms with Crippen LogP contribution >= 0.6 is 0 Å². The zero-order valence-corrected chi connectivity index (χ0v) is 15.2. The quantitative estimate of drug-likeness (QED) is 0.527. The maximum atomic E-state index is 13.5. The predicted octanol–water partition coefficient (Wildman–Crippen LogP) is 5.64. The van der Waals surface area contributed by atoms with Gasteiger partial charge in [-0.2, -0.15) is 13.2 Å². The second-order valence-corrected chi connectivity index (χ2v) is 7.06. The number of alkyl halides is 3. The van der Waals surface area contributed by atoms with Crippen LogP contribution in [0.3, 0.4) is 0 Å². The summed E-state index contributed by atoms with van der Waals surface area (Å²) in [6, 6.07) is 15.6. The molecule has 0 N–H and O–H groups in total. The van der Waals surface area contributed by atoms with Gasteiger partial charge in [-0.25, -0.2) is 4.39 Å². The highest BCUT2D eigenvalue weighted by molar-refractivity contribution is 5.33. The fourth-order valence-electron chi connectivity index (χ4n) is 3.99. The minimum Gasteiger partial charge on any atom is -0.350 e. The highest BCUT2D eigenvalue weighted by Gasteiger charge is 2.35. The molecule has 2 nitrogen and oxygen atoms in total. The predicted molar refractivity (Wildman–Crippen MR) is 99.1 cm³/mol. The molecular formula is C22H20F4N2. The zero-order valence-electron chi connectivity index (χ0n) is 15.2. The van der Waals surface area contributed by atoms with Crippen LogP contribution in [-0.2, 0) is 19.3 Å². The molecule has 0 unspecified atom stereocenters. The maximum absolute atomic E-state index is 13.5. The van der Waals surface area contributed by atoms with E-state index in [4.69, 9.17) is 0 Å². The number of aryl methyl sites for hydroxylation is 1. The Balaban J connectivity index is 1.76. The van der Waals surface area contributed by atoms with Crippen molar-refractivity contribution in [3.63, 3.8) is 0 Å². The van der Waals surface area contributed by atoms with E-state index in [9.17, 15) is 17.6 Å². The molecule has 3 aromatic rings. The number of benzene rings is 2. The lowest BCUT2D eigenvalue weighted by molar-refractivity contribution is -0.138. The third-order valence-corrected chi connectivity index (χ3v) is 5.24. The van der Waals surface area contributed by atoms with Crippen molar-refractivity contribution in [3.05, 3.63) is 95.1 Å². The Morgan fingerprint density at radius 3 is 2.39 bits per heavy atom. The molecule has 2 heterocycles. The first-order valence-electron chi connectivity index (χ1n) is 9.23. The van der Waals surface area contributed by atoms with Crippen LogP contribution in [0.1, 0.15) is 34.8 Å². The Morgan fingerprint density at radius 1 is 0.893 bits per heavy atom. The number of halogens is 4. The van der Waals surface area contributed by atoms with E-state index in [1.54, 1.807) is 18.2 Å². The first kappa shape index (κ1) is 18.7. The lowest BCUT2D eigenvalue weighted by Gasteiger charge is -2.31. The fraction of sp³-hybridized carbons (Fsp3) is 0.273. The summed E-state index contributed by atoms with van der Waals surface area (Å²) in [5.74, 6) is -0.332. The van der Waals surface area contributed by atoms with Crippen molar-refractivity contribution < 1.29 is 17.6 Å². The summed E-state index contributed by atoms with van der Waals surface area (Å²) in [5, 5.41) is 0. The van der Waals surface area contributed by atoms with Gasteiger partial charge in [-0.3, -0.25) is 4.90 Å². The molecule has 0 fully saturated rings. The number of aromatic nitrogens is 1. The molecule has 2 aromatic carbocycles. The summed E-state index contributed by atoms with van der Waals surface area (Å²) >= 11 is 0. The Labute approximate surface area is 161 Å². The standard InChI is InChI=1S/C22H20F4N2/c23-18-10-8-16(9-11-18)21-20-7-3-12-27(20)13-4-14-28(21)15-17-5-1-2-6-19(17)22(24,25)26/h1-3,5-12,21H,4,13-15H2/t21-/m1/s1. The van der Waals surface area contributed by atoms with E-state index in [2.05, 4.69) is 9.47 Å². The van der Waals surface area contributed by atoms with E-state index >= 15 is 0 Å². The topological polar surface area (TPSA) is 8.17 Å². The molecule has 6 heteroatoms. The van der Waals surface area contributed by atoms with Crippen molar-refractivity contribution in [2.75, 3.05) is 6.54 Å². The molecule has 28 heavy (non-hydrogen) atoms. The second-order valence-electron chi connectivity index (χ2n) is 7.06. The summed E-state index contributed by atoms with van der Waals surface area (Å²) in [4.78, 5) is 2.05. The summed E-state index contributed by atoms with van der Waals surface area (Å²) < 4.78 is 56.0. The largest absolute Gasteiger partial charge is 0.416 e. The monoisotopic (exact) mass is 388 g/mol. The molecule has 1 atom stereocenters. The summed E-state index contributed by atoms with van der Waals surface area (Å²) in [7, 11) is 0. The number of fused-ring (bicyclic) bond motifs is 1. The van der Waals surface area contributed by atoms with Crippen LogP contribution < -0.4 is 0 Å². The van der Waals surface area contributed by atoms with E-state index in [1.165, 1.54) is 24.3 Å². The van der Waals surface area contributed by atoms with Gasteiger partial charge in [-0.1, -0.05) is 30.3 Å². The second kappa shape index (κ2) is 7.43. The lowest BCUT2D eigenvalue weighted by Crippen LogP contribution is -2.30. The van der Waals surface area contributed by atoms with Crippen LogP contribution in [0.15, 0.2) is 66.9 Å². The fourth-order valence-corrected chi connectivity index (χ4v) is 3.99. The van der Waals surface area contributed by atoms with E-state index in [-0.39, 0.29) is 24.0 Å². The molecule has 0 aliphatic carbocycles. The van der Waals surface area contributed by atoms with Crippen LogP contribution in [0.5, 0.6) is 0 Å². The van der Waals surface area contributed by atoms with Crippen LogP contribution in [-0.4, -0.2) is 16.0 Å². The van der Waals surface area contributed by atoms with E-state index in [0.717, 1.165) is 30.3 Å². The Bertz CT molecular complexity index is 944. The van der Waals surface area contributed by atoms with Gasteiger partial charge < -0.3 is 4.57 Å². The van der Waals surface area contributed by atoms with Crippen molar-refractivity contribution in [2.45, 2.75) is 31.7 Å². The van der Waals surface area contributed by atoms with Gasteiger partial charge in [-0.05, 0) is 47.9 Å². The molecule has 4 rings (SSSR count). The van der Waals surface area contributed by atoms with Gasteiger partial charge in [-0.15, -0.1) is 0 Å². The highest BCUT2D eigenvalue weighted by atomic mass is 19.4. The van der Waals surface area contributed by atoms with Gasteiger partial charge >= 0.3 is 6.18 Å². The Hall–Kier alpha value is -2.60.